The van der Waals surface area contributed by atoms with Gasteiger partial charge in [-0.15, -0.1) is 0 Å². The molecule has 4 N–H and O–H groups in total. The maximum absolute atomic E-state index is 9.42. The summed E-state index contributed by atoms with van der Waals surface area (Å²) >= 11 is 19.0. The number of anilines is 2. The van der Waals surface area contributed by atoms with Gasteiger partial charge >= 0.3 is 0 Å². The second kappa shape index (κ2) is 12.8. The lowest BCUT2D eigenvalue weighted by molar-refractivity contribution is 0.125. The van der Waals surface area contributed by atoms with Crippen molar-refractivity contribution >= 4 is 66.4 Å². The zero-order valence-corrected chi connectivity index (χ0v) is 22.5. The highest BCUT2D eigenvalue weighted by Crippen LogP contribution is 2.30. The molecule has 0 radical (unpaired) electrons. The standard InChI is InChI=1S/2C12H15BrClNO/c2*13-8-1-6-12(11(14)7-8)15-9-2-4-10(16)5-3-9/h2*1,6-7,9-10,15-16H,2-5H2. The maximum Gasteiger partial charge on any atom is 0.0648 e. The van der Waals surface area contributed by atoms with Crippen molar-refractivity contribution in [3.05, 3.63) is 55.4 Å². The molecule has 2 aliphatic carbocycles. The molecule has 4 rings (SSSR count). The van der Waals surface area contributed by atoms with Crippen molar-refractivity contribution in [3.8, 4) is 0 Å². The zero-order chi connectivity index (χ0) is 23.1. The van der Waals surface area contributed by atoms with Gasteiger partial charge in [0.15, 0.2) is 0 Å². The van der Waals surface area contributed by atoms with Gasteiger partial charge in [0.2, 0.25) is 0 Å². The molecule has 0 saturated heterocycles. The third kappa shape index (κ3) is 8.37. The molecular formula is C24H30Br2Cl2N2O2. The summed E-state index contributed by atoms with van der Waals surface area (Å²) in [6, 6.07) is 12.6. The van der Waals surface area contributed by atoms with Crippen molar-refractivity contribution in [3.63, 3.8) is 0 Å². The van der Waals surface area contributed by atoms with Crippen molar-refractivity contribution in [2.75, 3.05) is 10.6 Å². The summed E-state index contributed by atoms with van der Waals surface area (Å²) in [4.78, 5) is 0. The van der Waals surface area contributed by atoms with E-state index in [2.05, 4.69) is 42.5 Å². The van der Waals surface area contributed by atoms with Crippen LogP contribution >= 0.6 is 55.1 Å². The number of aliphatic hydroxyl groups is 2. The van der Waals surface area contributed by atoms with Gasteiger partial charge in [0.05, 0.1) is 33.6 Å². The van der Waals surface area contributed by atoms with Crippen molar-refractivity contribution in [2.45, 2.75) is 75.7 Å². The van der Waals surface area contributed by atoms with Crippen LogP contribution in [0.25, 0.3) is 0 Å². The molecule has 2 aromatic rings. The van der Waals surface area contributed by atoms with Crippen molar-refractivity contribution in [2.24, 2.45) is 0 Å². The third-order valence-electron chi connectivity index (χ3n) is 5.97. The molecular weight excluding hydrogens is 579 g/mol. The van der Waals surface area contributed by atoms with Crippen LogP contribution in [-0.2, 0) is 0 Å². The molecule has 2 saturated carbocycles. The minimum Gasteiger partial charge on any atom is -0.393 e. The minimum atomic E-state index is -0.113. The van der Waals surface area contributed by atoms with E-state index >= 15 is 0 Å². The fourth-order valence-electron chi connectivity index (χ4n) is 4.09. The summed E-state index contributed by atoms with van der Waals surface area (Å²) in [6.07, 6.45) is 7.33. The molecule has 176 valence electrons. The molecule has 0 heterocycles. The number of halogens is 4. The Bertz CT molecular complexity index is 800. The summed E-state index contributed by atoms with van der Waals surface area (Å²) in [7, 11) is 0. The van der Waals surface area contributed by atoms with Crippen molar-refractivity contribution in [1.82, 2.24) is 0 Å². The summed E-state index contributed by atoms with van der Waals surface area (Å²) < 4.78 is 1.98. The van der Waals surface area contributed by atoms with Gasteiger partial charge in [0, 0.05) is 21.0 Å². The van der Waals surface area contributed by atoms with Crippen molar-refractivity contribution < 1.29 is 10.2 Å². The Morgan fingerprint density at radius 3 is 1.28 bits per heavy atom. The Morgan fingerprint density at radius 1 is 0.625 bits per heavy atom. The smallest absolute Gasteiger partial charge is 0.0648 e. The molecule has 0 aliphatic heterocycles. The zero-order valence-electron chi connectivity index (χ0n) is 17.8. The van der Waals surface area contributed by atoms with Crippen LogP contribution in [-0.4, -0.2) is 34.5 Å². The van der Waals surface area contributed by atoms with Crippen LogP contribution in [0.4, 0.5) is 11.4 Å². The van der Waals surface area contributed by atoms with E-state index in [1.54, 1.807) is 0 Å². The van der Waals surface area contributed by atoms with E-state index in [0.29, 0.717) is 12.1 Å². The number of rotatable bonds is 4. The molecule has 8 heteroatoms. The second-order valence-electron chi connectivity index (χ2n) is 8.55. The average Bonchev–Trinajstić information content (AvgIpc) is 2.76. The second-order valence-corrected chi connectivity index (χ2v) is 11.2. The highest BCUT2D eigenvalue weighted by Gasteiger charge is 2.20. The van der Waals surface area contributed by atoms with Crippen LogP contribution < -0.4 is 10.6 Å². The van der Waals surface area contributed by atoms with Crippen LogP contribution in [0.3, 0.4) is 0 Å². The SMILES string of the molecule is OC1CCC(Nc2ccc(Br)cc2Cl)CC1.OC1CCC(Nc2ccc(Br)cc2Cl)CC1. The fraction of sp³-hybridized carbons (Fsp3) is 0.500. The van der Waals surface area contributed by atoms with E-state index < -0.39 is 0 Å². The summed E-state index contributed by atoms with van der Waals surface area (Å²) in [5.74, 6) is 0. The molecule has 2 aliphatic rings. The molecule has 2 aromatic carbocycles. The predicted molar refractivity (Wildman–Crippen MR) is 142 cm³/mol. The number of hydrogen-bond acceptors (Lipinski definition) is 4. The lowest BCUT2D eigenvalue weighted by Gasteiger charge is -2.27. The maximum atomic E-state index is 9.42. The Labute approximate surface area is 217 Å². The lowest BCUT2D eigenvalue weighted by atomic mass is 9.93. The van der Waals surface area contributed by atoms with Crippen molar-refractivity contribution in [1.29, 1.82) is 0 Å². The highest BCUT2D eigenvalue weighted by atomic mass is 79.9. The quantitative estimate of drug-likeness (QED) is 0.288. The van der Waals surface area contributed by atoms with Gasteiger partial charge in [-0.2, -0.15) is 0 Å². The lowest BCUT2D eigenvalue weighted by Crippen LogP contribution is -2.28. The minimum absolute atomic E-state index is 0.113. The molecule has 4 nitrogen and oxygen atoms in total. The fourth-order valence-corrected chi connectivity index (χ4v) is 5.55. The summed E-state index contributed by atoms with van der Waals surface area (Å²) in [5.41, 5.74) is 1.96. The van der Waals surface area contributed by atoms with Crippen LogP contribution in [0.15, 0.2) is 45.3 Å². The molecule has 2 fully saturated rings. The van der Waals surface area contributed by atoms with E-state index in [-0.39, 0.29) is 12.2 Å². The van der Waals surface area contributed by atoms with Crippen LogP contribution in [0.1, 0.15) is 51.4 Å². The topological polar surface area (TPSA) is 64.5 Å². The highest BCUT2D eigenvalue weighted by molar-refractivity contribution is 9.10. The van der Waals surface area contributed by atoms with Gasteiger partial charge in [0.1, 0.15) is 0 Å². The van der Waals surface area contributed by atoms with Gasteiger partial charge in [0.25, 0.3) is 0 Å². The number of nitrogens with one attached hydrogen (secondary N) is 2. The van der Waals surface area contributed by atoms with Gasteiger partial charge in [-0.05, 0) is 87.8 Å². The first-order chi connectivity index (χ1) is 15.3. The molecule has 0 atom stereocenters. The van der Waals surface area contributed by atoms with E-state index in [0.717, 1.165) is 81.7 Å². The van der Waals surface area contributed by atoms with Gasteiger partial charge in [-0.25, -0.2) is 0 Å². The molecule has 0 amide bonds. The first-order valence-electron chi connectivity index (χ1n) is 11.1. The molecule has 0 unspecified atom stereocenters. The van der Waals surface area contributed by atoms with Crippen LogP contribution in [0.5, 0.6) is 0 Å². The Hall–Kier alpha value is -0.500. The van der Waals surface area contributed by atoms with E-state index in [4.69, 9.17) is 23.2 Å². The van der Waals surface area contributed by atoms with Gasteiger partial charge < -0.3 is 20.8 Å². The van der Waals surface area contributed by atoms with E-state index in [9.17, 15) is 10.2 Å². The monoisotopic (exact) mass is 606 g/mol. The van der Waals surface area contributed by atoms with Crippen LogP contribution in [0.2, 0.25) is 10.0 Å². The Kier molecular flexibility index (Phi) is 10.5. The average molecular weight is 609 g/mol. The normalized spacial score (nSPS) is 25.4. The number of hydrogen-bond donors (Lipinski definition) is 4. The molecule has 0 aromatic heterocycles. The van der Waals surface area contributed by atoms with E-state index in [1.807, 2.05) is 36.4 Å². The first-order valence-corrected chi connectivity index (χ1v) is 13.4. The predicted octanol–water partition coefficient (Wildman–Crippen LogP) is 7.64. The third-order valence-corrected chi connectivity index (χ3v) is 7.59. The molecule has 0 bridgehead atoms. The van der Waals surface area contributed by atoms with E-state index in [1.165, 1.54) is 0 Å². The summed E-state index contributed by atoms with van der Waals surface area (Å²) in [5, 5.41) is 27.2. The number of aliphatic hydroxyl groups excluding tert-OH is 2. The number of benzene rings is 2. The van der Waals surface area contributed by atoms with Gasteiger partial charge in [-0.3, -0.25) is 0 Å². The largest absolute Gasteiger partial charge is 0.393 e. The molecule has 32 heavy (non-hydrogen) atoms. The van der Waals surface area contributed by atoms with Crippen LogP contribution in [0, 0.1) is 0 Å². The summed E-state index contributed by atoms with van der Waals surface area (Å²) in [6.45, 7) is 0. The van der Waals surface area contributed by atoms with Gasteiger partial charge in [-0.1, -0.05) is 55.1 Å². The molecule has 0 spiro atoms. The Morgan fingerprint density at radius 2 is 0.969 bits per heavy atom. The Balaban J connectivity index is 0.000000181. The first kappa shape index (κ1) is 26.1.